The van der Waals surface area contributed by atoms with Gasteiger partial charge >= 0.3 is 0 Å². The van der Waals surface area contributed by atoms with Gasteiger partial charge in [-0.3, -0.25) is 0 Å². The van der Waals surface area contributed by atoms with Crippen molar-refractivity contribution in [1.29, 1.82) is 5.26 Å². The summed E-state index contributed by atoms with van der Waals surface area (Å²) in [5.74, 6) is 1.38. The van der Waals surface area contributed by atoms with E-state index in [9.17, 15) is 0 Å². The molecule has 0 N–H and O–H groups in total. The van der Waals surface area contributed by atoms with Gasteiger partial charge in [0, 0.05) is 6.07 Å². The maximum Gasteiger partial charge on any atom is 0.162 e. The van der Waals surface area contributed by atoms with Crippen LogP contribution in [0.3, 0.4) is 0 Å². The highest BCUT2D eigenvalue weighted by Crippen LogP contribution is 2.28. The summed E-state index contributed by atoms with van der Waals surface area (Å²) in [6.07, 6.45) is 1.89. The first-order valence-corrected chi connectivity index (χ1v) is 5.61. The molecule has 0 aliphatic carbocycles. The second-order valence-corrected chi connectivity index (χ2v) is 3.47. The molecule has 0 fully saturated rings. The summed E-state index contributed by atoms with van der Waals surface area (Å²) in [6.45, 7) is 5.39. The molecule has 1 aromatic rings. The van der Waals surface area contributed by atoms with Crippen LogP contribution >= 0.6 is 0 Å². The van der Waals surface area contributed by atoms with Crippen molar-refractivity contribution >= 4 is 0 Å². The molecular formula is C13H17NO2. The average molecular weight is 219 g/mol. The summed E-state index contributed by atoms with van der Waals surface area (Å²) in [6, 6.07) is 7.35. The number of nitriles is 1. The van der Waals surface area contributed by atoms with Crippen molar-refractivity contribution in [2.24, 2.45) is 0 Å². The Hall–Kier alpha value is -1.69. The van der Waals surface area contributed by atoms with E-state index in [1.807, 2.05) is 6.92 Å². The summed E-state index contributed by atoms with van der Waals surface area (Å²) in [5, 5.41) is 8.81. The highest BCUT2D eigenvalue weighted by Gasteiger charge is 2.06. The number of benzene rings is 1. The SMILES string of the molecule is CCCOc1ccc(C#N)cc1OCCC. The molecule has 0 amide bonds. The number of hydrogen-bond donors (Lipinski definition) is 0. The average Bonchev–Trinajstić information content (AvgIpc) is 2.34. The van der Waals surface area contributed by atoms with E-state index < -0.39 is 0 Å². The maximum absolute atomic E-state index is 8.81. The van der Waals surface area contributed by atoms with Crippen molar-refractivity contribution in [3.63, 3.8) is 0 Å². The predicted octanol–water partition coefficient (Wildman–Crippen LogP) is 3.14. The first kappa shape index (κ1) is 12.4. The van der Waals surface area contributed by atoms with Crippen LogP contribution in [0.5, 0.6) is 11.5 Å². The normalized spacial score (nSPS) is 9.56. The van der Waals surface area contributed by atoms with Gasteiger partial charge in [0.05, 0.1) is 24.8 Å². The number of nitrogens with zero attached hydrogens (tertiary/aromatic N) is 1. The van der Waals surface area contributed by atoms with E-state index >= 15 is 0 Å². The van der Waals surface area contributed by atoms with Crippen molar-refractivity contribution in [3.05, 3.63) is 23.8 Å². The lowest BCUT2D eigenvalue weighted by Crippen LogP contribution is -2.01. The molecule has 0 aliphatic rings. The predicted molar refractivity (Wildman–Crippen MR) is 62.7 cm³/mol. The zero-order valence-electron chi connectivity index (χ0n) is 9.82. The molecule has 1 rings (SSSR count). The third kappa shape index (κ3) is 3.47. The van der Waals surface area contributed by atoms with Crippen molar-refractivity contribution in [3.8, 4) is 17.6 Å². The molecule has 0 spiro atoms. The van der Waals surface area contributed by atoms with Gasteiger partial charge in [-0.25, -0.2) is 0 Å². The molecule has 1 aromatic carbocycles. The van der Waals surface area contributed by atoms with E-state index in [-0.39, 0.29) is 0 Å². The molecule has 0 unspecified atom stereocenters. The van der Waals surface area contributed by atoms with Crippen LogP contribution in [0.2, 0.25) is 0 Å². The van der Waals surface area contributed by atoms with Gasteiger partial charge in [-0.15, -0.1) is 0 Å². The fraction of sp³-hybridized carbons (Fsp3) is 0.462. The quantitative estimate of drug-likeness (QED) is 0.738. The lowest BCUT2D eigenvalue weighted by atomic mass is 10.2. The van der Waals surface area contributed by atoms with Crippen molar-refractivity contribution < 1.29 is 9.47 Å². The first-order chi connectivity index (χ1) is 7.81. The summed E-state index contributed by atoms with van der Waals surface area (Å²) in [7, 11) is 0. The molecule has 86 valence electrons. The molecule has 0 aromatic heterocycles. The van der Waals surface area contributed by atoms with Crippen LogP contribution in [0.15, 0.2) is 18.2 Å². The van der Waals surface area contributed by atoms with E-state index in [1.165, 1.54) is 0 Å². The Morgan fingerprint density at radius 1 is 1.06 bits per heavy atom. The summed E-state index contributed by atoms with van der Waals surface area (Å²) in [4.78, 5) is 0. The van der Waals surface area contributed by atoms with E-state index in [1.54, 1.807) is 18.2 Å². The van der Waals surface area contributed by atoms with Gasteiger partial charge in [-0.1, -0.05) is 13.8 Å². The second-order valence-electron chi connectivity index (χ2n) is 3.47. The van der Waals surface area contributed by atoms with Crippen molar-refractivity contribution in [2.75, 3.05) is 13.2 Å². The molecule has 3 nitrogen and oxygen atoms in total. The molecule has 0 aliphatic heterocycles. The number of ether oxygens (including phenoxy) is 2. The van der Waals surface area contributed by atoms with Crippen LogP contribution in [0.4, 0.5) is 0 Å². The largest absolute Gasteiger partial charge is 0.490 e. The fourth-order valence-corrected chi connectivity index (χ4v) is 1.23. The zero-order chi connectivity index (χ0) is 11.8. The highest BCUT2D eigenvalue weighted by molar-refractivity contribution is 5.46. The Balaban J connectivity index is 2.83. The minimum Gasteiger partial charge on any atom is -0.490 e. The lowest BCUT2D eigenvalue weighted by molar-refractivity contribution is 0.268. The molecule has 0 radical (unpaired) electrons. The topological polar surface area (TPSA) is 42.2 Å². The van der Waals surface area contributed by atoms with E-state index in [0.29, 0.717) is 30.3 Å². The summed E-state index contributed by atoms with van der Waals surface area (Å²) >= 11 is 0. The molecule has 3 heteroatoms. The standard InChI is InChI=1S/C13H17NO2/c1-3-7-15-12-6-5-11(10-14)9-13(12)16-8-4-2/h5-6,9H,3-4,7-8H2,1-2H3. The highest BCUT2D eigenvalue weighted by atomic mass is 16.5. The Labute approximate surface area is 96.6 Å². The third-order valence-electron chi connectivity index (χ3n) is 2.00. The van der Waals surface area contributed by atoms with Gasteiger partial charge in [0.2, 0.25) is 0 Å². The smallest absolute Gasteiger partial charge is 0.162 e. The van der Waals surface area contributed by atoms with E-state index in [0.717, 1.165) is 12.8 Å². The molecular weight excluding hydrogens is 202 g/mol. The molecule has 0 saturated carbocycles. The molecule has 16 heavy (non-hydrogen) atoms. The zero-order valence-corrected chi connectivity index (χ0v) is 9.82. The Bertz CT molecular complexity index is 369. The van der Waals surface area contributed by atoms with Crippen LogP contribution in [0.1, 0.15) is 32.3 Å². The van der Waals surface area contributed by atoms with Crippen LogP contribution in [-0.2, 0) is 0 Å². The number of rotatable bonds is 6. The maximum atomic E-state index is 8.81. The van der Waals surface area contributed by atoms with Gasteiger partial charge in [-0.05, 0) is 25.0 Å². The van der Waals surface area contributed by atoms with Gasteiger partial charge in [-0.2, -0.15) is 5.26 Å². The van der Waals surface area contributed by atoms with Gasteiger partial charge in [0.15, 0.2) is 11.5 Å². The first-order valence-electron chi connectivity index (χ1n) is 5.61. The van der Waals surface area contributed by atoms with Crippen molar-refractivity contribution in [1.82, 2.24) is 0 Å². The molecule has 0 heterocycles. The van der Waals surface area contributed by atoms with Crippen LogP contribution in [0.25, 0.3) is 0 Å². The lowest BCUT2D eigenvalue weighted by Gasteiger charge is -2.11. The van der Waals surface area contributed by atoms with Gasteiger partial charge in [0.1, 0.15) is 0 Å². The van der Waals surface area contributed by atoms with Crippen LogP contribution < -0.4 is 9.47 Å². The number of hydrogen-bond acceptors (Lipinski definition) is 3. The van der Waals surface area contributed by atoms with Crippen LogP contribution in [0, 0.1) is 11.3 Å². The Morgan fingerprint density at radius 3 is 2.25 bits per heavy atom. The minimum atomic E-state index is 0.593. The molecule has 0 saturated heterocycles. The fourth-order valence-electron chi connectivity index (χ4n) is 1.23. The third-order valence-corrected chi connectivity index (χ3v) is 2.00. The molecule has 0 bridgehead atoms. The molecule has 0 atom stereocenters. The Kier molecular flexibility index (Phi) is 5.21. The van der Waals surface area contributed by atoms with Gasteiger partial charge in [0.25, 0.3) is 0 Å². The summed E-state index contributed by atoms with van der Waals surface area (Å²) < 4.78 is 11.1. The summed E-state index contributed by atoms with van der Waals surface area (Å²) in [5.41, 5.74) is 0.593. The minimum absolute atomic E-state index is 0.593. The second kappa shape index (κ2) is 6.73. The van der Waals surface area contributed by atoms with E-state index in [4.69, 9.17) is 14.7 Å². The van der Waals surface area contributed by atoms with Crippen LogP contribution in [-0.4, -0.2) is 13.2 Å². The van der Waals surface area contributed by atoms with Gasteiger partial charge < -0.3 is 9.47 Å². The van der Waals surface area contributed by atoms with E-state index in [2.05, 4.69) is 13.0 Å². The van der Waals surface area contributed by atoms with Crippen molar-refractivity contribution in [2.45, 2.75) is 26.7 Å². The Morgan fingerprint density at radius 2 is 1.69 bits per heavy atom. The monoisotopic (exact) mass is 219 g/mol.